The van der Waals surface area contributed by atoms with Gasteiger partial charge in [0.25, 0.3) is 0 Å². The van der Waals surface area contributed by atoms with Crippen molar-refractivity contribution in [1.29, 1.82) is 0 Å². The van der Waals surface area contributed by atoms with Gasteiger partial charge in [-0.2, -0.15) is 5.10 Å². The number of hydrogen-bond donors (Lipinski definition) is 0. The van der Waals surface area contributed by atoms with E-state index < -0.39 is 7.42 Å². The van der Waals surface area contributed by atoms with Gasteiger partial charge in [0, 0.05) is 12.1 Å². The van der Waals surface area contributed by atoms with Gasteiger partial charge >= 0.3 is 0 Å². The minimum atomic E-state index is -0.514. The molecule has 1 heterocycles. The third kappa shape index (κ3) is 3.51. The molecule has 2 rings (SSSR count). The highest BCUT2D eigenvalue weighted by atomic mass is 32.7. The van der Waals surface area contributed by atoms with E-state index in [1.54, 1.807) is 11.8 Å². The quantitative estimate of drug-likeness (QED) is 0.706. The minimum absolute atomic E-state index is 0.510. The first kappa shape index (κ1) is 16.2. The molecule has 1 atom stereocenters. The molecule has 110 valence electrons. The minimum Gasteiger partial charge on any atom is -0.250 e. The molecule has 0 amide bonds. The molecule has 0 aromatic heterocycles. The Morgan fingerprint density at radius 1 is 1.15 bits per heavy atom. The molecule has 0 saturated carbocycles. The summed E-state index contributed by atoms with van der Waals surface area (Å²) >= 11 is 3.64. The Morgan fingerprint density at radius 2 is 1.75 bits per heavy atom. The third-order valence-corrected chi connectivity index (χ3v) is 8.87. The largest absolute Gasteiger partial charge is 0.250 e. The number of rotatable bonds is 4. The molecule has 1 unspecified atom stereocenters. The van der Waals surface area contributed by atoms with Gasteiger partial charge in [0.1, 0.15) is 0 Å². The third-order valence-electron chi connectivity index (χ3n) is 2.92. The number of hydrazone groups is 1. The van der Waals surface area contributed by atoms with Crippen LogP contribution in [-0.4, -0.2) is 27.4 Å². The summed E-state index contributed by atoms with van der Waals surface area (Å²) in [5, 5.41) is 4.81. The average molecular weight is 327 g/mol. The van der Waals surface area contributed by atoms with Crippen molar-refractivity contribution >= 4 is 40.6 Å². The van der Waals surface area contributed by atoms with E-state index in [0.29, 0.717) is 12.1 Å². The van der Waals surface area contributed by atoms with Gasteiger partial charge in [-0.15, -0.1) is 11.8 Å². The van der Waals surface area contributed by atoms with Crippen molar-refractivity contribution in [1.82, 2.24) is 4.67 Å². The SMILES string of the molecule is CSC1=NN(c2ccccc2)P(N(C(C)C)C(C)C)S1. The molecule has 1 aliphatic rings. The molecule has 20 heavy (non-hydrogen) atoms. The zero-order valence-corrected chi connectivity index (χ0v) is 15.2. The first-order valence-electron chi connectivity index (χ1n) is 6.78. The molecule has 0 bridgehead atoms. The van der Waals surface area contributed by atoms with Crippen LogP contribution in [0.1, 0.15) is 27.7 Å². The van der Waals surface area contributed by atoms with Crippen LogP contribution in [0, 0.1) is 0 Å². The molecule has 0 spiro atoms. The molecule has 0 N–H and O–H groups in total. The molecule has 0 radical (unpaired) electrons. The molecule has 6 heteroatoms. The van der Waals surface area contributed by atoms with Crippen molar-refractivity contribution in [2.45, 2.75) is 39.8 Å². The molecular formula is C14H22N3PS2. The van der Waals surface area contributed by atoms with Gasteiger partial charge in [-0.05, 0) is 57.5 Å². The van der Waals surface area contributed by atoms with Crippen LogP contribution in [0.15, 0.2) is 35.4 Å². The van der Waals surface area contributed by atoms with Crippen LogP contribution in [0.3, 0.4) is 0 Å². The van der Waals surface area contributed by atoms with Crippen molar-refractivity contribution in [2.24, 2.45) is 5.10 Å². The summed E-state index contributed by atoms with van der Waals surface area (Å²) in [5.74, 6) is 0. The standard InChI is InChI=1S/C14H22N3PS2/c1-11(2)16(12(3)4)18-17(15-14(19-5)20-18)13-9-7-6-8-10-13/h6-12H,1-5H3. The summed E-state index contributed by atoms with van der Waals surface area (Å²) in [5.41, 5.74) is 1.18. The monoisotopic (exact) mass is 327 g/mol. The van der Waals surface area contributed by atoms with Gasteiger partial charge in [-0.3, -0.25) is 4.67 Å². The van der Waals surface area contributed by atoms with E-state index in [-0.39, 0.29) is 0 Å². The van der Waals surface area contributed by atoms with Crippen LogP contribution in [0.5, 0.6) is 0 Å². The Kier molecular flexibility index (Phi) is 5.79. The number of para-hydroxylation sites is 1. The first-order valence-corrected chi connectivity index (χ1v) is 10.7. The highest BCUT2D eigenvalue weighted by Crippen LogP contribution is 2.64. The average Bonchev–Trinajstić information content (AvgIpc) is 2.83. The second-order valence-electron chi connectivity index (χ2n) is 5.11. The number of thioether (sulfide) groups is 1. The van der Waals surface area contributed by atoms with E-state index in [1.165, 1.54) is 5.69 Å². The lowest BCUT2D eigenvalue weighted by atomic mass is 10.3. The highest BCUT2D eigenvalue weighted by Gasteiger charge is 2.36. The van der Waals surface area contributed by atoms with E-state index in [9.17, 15) is 0 Å². The Labute approximate surface area is 131 Å². The zero-order chi connectivity index (χ0) is 14.7. The first-order chi connectivity index (χ1) is 9.54. The van der Waals surface area contributed by atoms with Gasteiger partial charge < -0.3 is 0 Å². The molecule has 1 aromatic rings. The van der Waals surface area contributed by atoms with Crippen LogP contribution >= 0.6 is 30.6 Å². The summed E-state index contributed by atoms with van der Waals surface area (Å²) in [7, 11) is -0.514. The molecule has 1 aliphatic heterocycles. The van der Waals surface area contributed by atoms with Crippen LogP contribution in [0.4, 0.5) is 5.69 Å². The van der Waals surface area contributed by atoms with Crippen molar-refractivity contribution in [3.05, 3.63) is 30.3 Å². The van der Waals surface area contributed by atoms with Crippen LogP contribution in [0.25, 0.3) is 0 Å². The smallest absolute Gasteiger partial charge is 0.161 e. The van der Waals surface area contributed by atoms with Gasteiger partial charge in [-0.1, -0.05) is 18.2 Å². The second-order valence-corrected chi connectivity index (χ2v) is 9.60. The lowest BCUT2D eigenvalue weighted by molar-refractivity contribution is 0.326. The highest BCUT2D eigenvalue weighted by molar-refractivity contribution is 8.70. The lowest BCUT2D eigenvalue weighted by Gasteiger charge is -2.38. The predicted octanol–water partition coefficient (Wildman–Crippen LogP) is 5.22. The fourth-order valence-corrected chi connectivity index (χ4v) is 8.51. The molecule has 1 aromatic carbocycles. The maximum atomic E-state index is 4.81. The normalized spacial score (nSPS) is 19.3. The van der Waals surface area contributed by atoms with Crippen LogP contribution in [-0.2, 0) is 0 Å². The summed E-state index contributed by atoms with van der Waals surface area (Å²) < 4.78 is 5.94. The van der Waals surface area contributed by atoms with Crippen molar-refractivity contribution in [3.8, 4) is 0 Å². The summed E-state index contributed by atoms with van der Waals surface area (Å²) in [6.45, 7) is 9.07. The fourth-order valence-electron chi connectivity index (χ4n) is 2.17. The fraction of sp³-hybridized carbons (Fsp3) is 0.500. The van der Waals surface area contributed by atoms with E-state index in [4.69, 9.17) is 5.10 Å². The van der Waals surface area contributed by atoms with Crippen molar-refractivity contribution < 1.29 is 0 Å². The second kappa shape index (κ2) is 7.17. The van der Waals surface area contributed by atoms with E-state index in [0.717, 1.165) is 4.38 Å². The van der Waals surface area contributed by atoms with E-state index in [2.05, 4.69) is 73.7 Å². The van der Waals surface area contributed by atoms with Gasteiger partial charge in [0.05, 0.1) is 5.69 Å². The Bertz CT molecular complexity index is 457. The van der Waals surface area contributed by atoms with Crippen molar-refractivity contribution in [2.75, 3.05) is 11.0 Å². The van der Waals surface area contributed by atoms with E-state index >= 15 is 0 Å². The maximum Gasteiger partial charge on any atom is 0.161 e. The number of nitrogens with zero attached hydrogens (tertiary/aromatic N) is 3. The van der Waals surface area contributed by atoms with E-state index in [1.807, 2.05) is 11.4 Å². The topological polar surface area (TPSA) is 18.8 Å². The summed E-state index contributed by atoms with van der Waals surface area (Å²) in [4.78, 5) is 0. The zero-order valence-electron chi connectivity index (χ0n) is 12.6. The Hall–Kier alpha value is -0.220. The predicted molar refractivity (Wildman–Crippen MR) is 96.5 cm³/mol. The maximum absolute atomic E-state index is 4.81. The molecule has 0 saturated heterocycles. The Morgan fingerprint density at radius 3 is 2.25 bits per heavy atom. The van der Waals surface area contributed by atoms with Crippen LogP contribution in [0.2, 0.25) is 0 Å². The number of benzene rings is 1. The molecule has 3 nitrogen and oxygen atoms in total. The molecule has 0 aliphatic carbocycles. The van der Waals surface area contributed by atoms with Gasteiger partial charge in [0.2, 0.25) is 0 Å². The van der Waals surface area contributed by atoms with Crippen molar-refractivity contribution in [3.63, 3.8) is 0 Å². The molecular weight excluding hydrogens is 305 g/mol. The van der Waals surface area contributed by atoms with Crippen LogP contribution < -0.4 is 4.78 Å². The lowest BCUT2D eigenvalue weighted by Crippen LogP contribution is -2.34. The summed E-state index contributed by atoms with van der Waals surface area (Å²) in [6.07, 6.45) is 2.10. The van der Waals surface area contributed by atoms with Gasteiger partial charge in [0.15, 0.2) is 11.8 Å². The number of hydrogen-bond acceptors (Lipinski definition) is 5. The summed E-state index contributed by atoms with van der Waals surface area (Å²) in [6, 6.07) is 11.5. The Balaban J connectivity index is 2.32. The molecule has 0 fully saturated rings. The number of anilines is 1. The van der Waals surface area contributed by atoms with Gasteiger partial charge in [-0.25, -0.2) is 4.78 Å².